The van der Waals surface area contributed by atoms with E-state index in [9.17, 15) is 13.5 Å². The Morgan fingerprint density at radius 3 is 2.32 bits per heavy atom. The zero-order valence-corrected chi connectivity index (χ0v) is 23.7. The minimum Gasteiger partial charge on any atom is -0.490 e. The average Bonchev–Trinajstić information content (AvgIpc) is 3.40. The summed E-state index contributed by atoms with van der Waals surface area (Å²) in [6.07, 6.45) is 0.905. The van der Waals surface area contributed by atoms with E-state index < -0.39 is 16.1 Å². The van der Waals surface area contributed by atoms with E-state index in [0.29, 0.717) is 30.4 Å². The van der Waals surface area contributed by atoms with Crippen molar-refractivity contribution in [3.05, 3.63) is 97.1 Å². The molecule has 0 unspecified atom stereocenters. The van der Waals surface area contributed by atoms with E-state index in [1.54, 1.807) is 16.4 Å². The van der Waals surface area contributed by atoms with E-state index in [-0.39, 0.29) is 6.61 Å². The number of aliphatic hydroxyl groups is 1. The molecule has 0 aliphatic carbocycles. The molecule has 3 N–H and O–H groups in total. The Kier molecular flexibility index (Phi) is 8.07. The number of aliphatic hydroxyl groups excluding tert-OH is 1. The number of hydrogen-bond acceptors (Lipinski definition) is 5. The minimum absolute atomic E-state index is 0.186. The Labute approximate surface area is 240 Å². The van der Waals surface area contributed by atoms with Crippen LogP contribution >= 0.6 is 0 Å². The van der Waals surface area contributed by atoms with Crippen molar-refractivity contribution < 1.29 is 18.3 Å². The third kappa shape index (κ3) is 6.01. The van der Waals surface area contributed by atoms with Crippen LogP contribution in [0, 0.1) is 5.92 Å². The number of ether oxygens (including phenoxy) is 1. The summed E-state index contributed by atoms with van der Waals surface area (Å²) in [7, 11) is -3.52. The van der Waals surface area contributed by atoms with Crippen molar-refractivity contribution in [1.29, 1.82) is 0 Å². The zero-order chi connectivity index (χ0) is 28.2. The molecule has 1 saturated heterocycles. The quantitative estimate of drug-likeness (QED) is 0.209. The van der Waals surface area contributed by atoms with Gasteiger partial charge >= 0.3 is 0 Å². The van der Waals surface area contributed by atoms with E-state index in [4.69, 9.17) is 4.74 Å². The molecule has 1 atom stereocenters. The van der Waals surface area contributed by atoms with Gasteiger partial charge in [0.15, 0.2) is 0 Å². The maximum atomic E-state index is 13.2. The van der Waals surface area contributed by atoms with Gasteiger partial charge < -0.3 is 20.1 Å². The maximum absolute atomic E-state index is 13.2. The van der Waals surface area contributed by atoms with Gasteiger partial charge in [0, 0.05) is 35.9 Å². The van der Waals surface area contributed by atoms with Crippen LogP contribution in [-0.4, -0.2) is 61.7 Å². The Bertz CT molecular complexity index is 1710. The van der Waals surface area contributed by atoms with Crippen LogP contribution in [0.25, 0.3) is 32.9 Å². The molecule has 0 spiro atoms. The fourth-order valence-electron chi connectivity index (χ4n) is 5.64. The second-order valence-corrected chi connectivity index (χ2v) is 12.6. The van der Waals surface area contributed by atoms with Gasteiger partial charge in [-0.15, -0.1) is 0 Å². The third-order valence-electron chi connectivity index (χ3n) is 7.91. The smallest absolute Gasteiger partial charge is 0.243 e. The summed E-state index contributed by atoms with van der Waals surface area (Å²) < 4.78 is 34.1. The maximum Gasteiger partial charge on any atom is 0.243 e. The third-order valence-corrected chi connectivity index (χ3v) is 9.82. The lowest BCUT2D eigenvalue weighted by Gasteiger charge is -2.31. The average molecular weight is 570 g/mol. The van der Waals surface area contributed by atoms with E-state index in [1.165, 1.54) is 0 Å². The number of rotatable bonds is 10. The number of sulfonamides is 1. The van der Waals surface area contributed by atoms with Crippen molar-refractivity contribution in [2.24, 2.45) is 5.92 Å². The second-order valence-electron chi connectivity index (χ2n) is 10.7. The number of aromatic amines is 1. The lowest BCUT2D eigenvalue weighted by molar-refractivity contribution is 0.105. The fourth-order valence-corrected chi connectivity index (χ4v) is 7.11. The number of para-hydroxylation sites is 1. The van der Waals surface area contributed by atoms with Gasteiger partial charge in [0.1, 0.15) is 18.5 Å². The number of fused-ring (bicyclic) bond motifs is 3. The standard InChI is InChI=1S/C33H35N3O4S/c37-27(23-40-32-12-6-11-31-33(32)29-9-4-5-10-30(29)35-31)22-34-21-24-17-19-36(20-18-24)41(38,39)28-15-13-26(14-16-28)25-7-2-1-3-8-25/h1-16,24,27,34-35,37H,17-23H2/t27-/m0/s1. The highest BCUT2D eigenvalue weighted by atomic mass is 32.2. The summed E-state index contributed by atoms with van der Waals surface area (Å²) in [4.78, 5) is 3.74. The summed E-state index contributed by atoms with van der Waals surface area (Å²) in [5.74, 6) is 1.11. The molecule has 8 heteroatoms. The van der Waals surface area contributed by atoms with Crippen molar-refractivity contribution in [2.75, 3.05) is 32.8 Å². The molecule has 5 aromatic rings. The first-order valence-electron chi connectivity index (χ1n) is 14.2. The Hall–Kier alpha value is -3.69. The number of piperidine rings is 1. The van der Waals surface area contributed by atoms with E-state index >= 15 is 0 Å². The molecule has 1 fully saturated rings. The summed E-state index contributed by atoms with van der Waals surface area (Å²) in [5, 5.41) is 16.0. The summed E-state index contributed by atoms with van der Waals surface area (Å²) in [6.45, 7) is 2.32. The van der Waals surface area contributed by atoms with Crippen molar-refractivity contribution in [2.45, 2.75) is 23.8 Å². The van der Waals surface area contributed by atoms with Crippen molar-refractivity contribution in [1.82, 2.24) is 14.6 Å². The van der Waals surface area contributed by atoms with Crippen molar-refractivity contribution >= 4 is 31.8 Å². The van der Waals surface area contributed by atoms with Crippen LogP contribution in [0.3, 0.4) is 0 Å². The highest BCUT2D eigenvalue weighted by Gasteiger charge is 2.29. The van der Waals surface area contributed by atoms with Gasteiger partial charge in [-0.3, -0.25) is 0 Å². The highest BCUT2D eigenvalue weighted by molar-refractivity contribution is 7.89. The predicted molar refractivity (Wildman–Crippen MR) is 164 cm³/mol. The van der Waals surface area contributed by atoms with Gasteiger partial charge in [0.25, 0.3) is 0 Å². The molecule has 212 valence electrons. The van der Waals surface area contributed by atoms with E-state index in [1.807, 2.05) is 78.9 Å². The second kappa shape index (κ2) is 12.0. The topological polar surface area (TPSA) is 94.7 Å². The van der Waals surface area contributed by atoms with Gasteiger partial charge in [-0.25, -0.2) is 8.42 Å². The molecule has 1 aliphatic rings. The zero-order valence-electron chi connectivity index (χ0n) is 22.9. The molecule has 7 nitrogen and oxygen atoms in total. The summed E-state index contributed by atoms with van der Waals surface area (Å²) in [6, 6.07) is 31.1. The number of aromatic nitrogens is 1. The molecule has 0 amide bonds. The summed E-state index contributed by atoms with van der Waals surface area (Å²) in [5.41, 5.74) is 4.12. The van der Waals surface area contributed by atoms with E-state index in [0.717, 1.165) is 58.1 Å². The monoisotopic (exact) mass is 569 g/mol. The van der Waals surface area contributed by atoms with Crippen molar-refractivity contribution in [3.63, 3.8) is 0 Å². The van der Waals surface area contributed by atoms with Crippen LogP contribution in [-0.2, 0) is 10.0 Å². The van der Waals surface area contributed by atoms with Crippen LogP contribution in [0.1, 0.15) is 12.8 Å². The molecular formula is C33H35N3O4S. The highest BCUT2D eigenvalue weighted by Crippen LogP contribution is 2.33. The Morgan fingerprint density at radius 2 is 1.54 bits per heavy atom. The van der Waals surface area contributed by atoms with Gasteiger partial charge in [-0.2, -0.15) is 4.31 Å². The first-order chi connectivity index (χ1) is 20.0. The molecule has 1 aliphatic heterocycles. The number of nitrogens with zero attached hydrogens (tertiary/aromatic N) is 1. The number of benzene rings is 4. The molecule has 4 aromatic carbocycles. The largest absolute Gasteiger partial charge is 0.490 e. The molecule has 0 saturated carbocycles. The molecule has 2 heterocycles. The van der Waals surface area contributed by atoms with Gasteiger partial charge in [0.2, 0.25) is 10.0 Å². The molecule has 6 rings (SSSR count). The predicted octanol–water partition coefficient (Wildman–Crippen LogP) is 5.42. The lowest BCUT2D eigenvalue weighted by Crippen LogP contribution is -2.42. The van der Waals surface area contributed by atoms with Crippen LogP contribution in [0.5, 0.6) is 5.75 Å². The number of hydrogen-bond donors (Lipinski definition) is 3. The van der Waals surface area contributed by atoms with Crippen LogP contribution in [0.2, 0.25) is 0 Å². The first kappa shape index (κ1) is 27.5. The van der Waals surface area contributed by atoms with Crippen LogP contribution in [0.15, 0.2) is 102 Å². The van der Waals surface area contributed by atoms with Gasteiger partial charge in [0.05, 0.1) is 10.4 Å². The number of H-pyrrole nitrogens is 1. The first-order valence-corrected chi connectivity index (χ1v) is 15.6. The summed E-state index contributed by atoms with van der Waals surface area (Å²) >= 11 is 0. The van der Waals surface area contributed by atoms with Crippen LogP contribution in [0.4, 0.5) is 0 Å². The molecule has 0 radical (unpaired) electrons. The molecule has 1 aromatic heterocycles. The molecule has 41 heavy (non-hydrogen) atoms. The van der Waals surface area contributed by atoms with Gasteiger partial charge in [-0.05, 0) is 66.8 Å². The Morgan fingerprint density at radius 1 is 0.854 bits per heavy atom. The SMILES string of the molecule is O=S(=O)(c1ccc(-c2ccccc2)cc1)N1CCC(CNC[C@H](O)COc2cccc3[nH]c4ccccc4c23)CC1. The number of nitrogens with one attached hydrogen (secondary N) is 2. The fraction of sp³-hybridized carbons (Fsp3) is 0.273. The molecular weight excluding hydrogens is 534 g/mol. The Balaban J connectivity index is 0.963. The van der Waals surface area contributed by atoms with Crippen molar-refractivity contribution in [3.8, 4) is 16.9 Å². The van der Waals surface area contributed by atoms with Gasteiger partial charge in [-0.1, -0.05) is 66.7 Å². The molecule has 0 bridgehead atoms. The van der Waals surface area contributed by atoms with Crippen LogP contribution < -0.4 is 10.1 Å². The normalized spacial score (nSPS) is 15.8. The lowest BCUT2D eigenvalue weighted by atomic mass is 9.98. The van der Waals surface area contributed by atoms with E-state index in [2.05, 4.69) is 16.4 Å². The minimum atomic E-state index is -3.52.